The molecule has 2 atom stereocenters. The molecule has 0 saturated carbocycles. The van der Waals surface area contributed by atoms with Gasteiger partial charge >= 0.3 is 0 Å². The molecule has 1 aliphatic heterocycles. The lowest BCUT2D eigenvalue weighted by Gasteiger charge is -2.20. The van der Waals surface area contributed by atoms with Crippen LogP contribution in [0.3, 0.4) is 0 Å². The number of rotatable bonds is 6. The lowest BCUT2D eigenvalue weighted by Crippen LogP contribution is -2.43. The molecule has 1 saturated heterocycles. The first kappa shape index (κ1) is 21.8. The van der Waals surface area contributed by atoms with Crippen molar-refractivity contribution >= 4 is 42.9 Å². The van der Waals surface area contributed by atoms with E-state index in [1.54, 1.807) is 24.3 Å². The van der Waals surface area contributed by atoms with Gasteiger partial charge in [0.15, 0.2) is 19.7 Å². The molecule has 1 heterocycles. The Kier molecular flexibility index (Phi) is 6.33. The number of hydrogen-bond acceptors (Lipinski definition) is 6. The van der Waals surface area contributed by atoms with Crippen LogP contribution < -0.4 is 10.6 Å². The van der Waals surface area contributed by atoms with Crippen LogP contribution in [0.5, 0.6) is 0 Å². The first-order chi connectivity index (χ1) is 13.6. The van der Waals surface area contributed by atoms with Crippen molar-refractivity contribution < 1.29 is 21.6 Å². The summed E-state index contributed by atoms with van der Waals surface area (Å²) in [7, 11) is -7.41. The summed E-state index contributed by atoms with van der Waals surface area (Å²) in [6, 6.07) is 12.0. The van der Waals surface area contributed by atoms with E-state index in [2.05, 4.69) is 10.6 Å². The van der Waals surface area contributed by atoms with Crippen LogP contribution in [-0.2, 0) is 31.0 Å². The minimum Gasteiger partial charge on any atom is -0.326 e. The van der Waals surface area contributed by atoms with E-state index in [4.69, 9.17) is 11.6 Å². The van der Waals surface area contributed by atoms with Gasteiger partial charge in [-0.15, -0.1) is 0 Å². The molecule has 0 radical (unpaired) electrons. The van der Waals surface area contributed by atoms with Crippen LogP contribution in [-0.4, -0.2) is 45.5 Å². The number of carbonyl (C=O) groups is 1. The smallest absolute Gasteiger partial charge is 0.221 e. The van der Waals surface area contributed by atoms with Crippen molar-refractivity contribution in [2.24, 2.45) is 0 Å². The van der Waals surface area contributed by atoms with Gasteiger partial charge in [-0.25, -0.2) is 16.8 Å². The standard InChI is InChI=1S/C19H21ClN2O5S2/c1-13(23)22-15-6-8-16(9-7-15)29(26,27)19-12-28(24,25)11-18(19)21-10-14-4-2-3-5-17(14)20/h2-9,18-19,21H,10-12H2,1H3,(H,22,23)/t18-,19-/m1/s1. The third-order valence-electron chi connectivity index (χ3n) is 4.71. The monoisotopic (exact) mass is 456 g/mol. The van der Waals surface area contributed by atoms with Gasteiger partial charge in [0.05, 0.1) is 21.7 Å². The molecule has 29 heavy (non-hydrogen) atoms. The van der Waals surface area contributed by atoms with E-state index < -0.39 is 36.7 Å². The molecular weight excluding hydrogens is 436 g/mol. The molecule has 3 rings (SSSR count). The van der Waals surface area contributed by atoms with E-state index in [0.29, 0.717) is 10.7 Å². The predicted molar refractivity (Wildman–Crippen MR) is 112 cm³/mol. The summed E-state index contributed by atoms with van der Waals surface area (Å²) in [5.74, 6) is -0.972. The van der Waals surface area contributed by atoms with Crippen LogP contribution in [0.15, 0.2) is 53.4 Å². The molecule has 0 unspecified atom stereocenters. The number of benzene rings is 2. The van der Waals surface area contributed by atoms with E-state index >= 15 is 0 Å². The van der Waals surface area contributed by atoms with E-state index in [1.807, 2.05) is 0 Å². The van der Waals surface area contributed by atoms with Crippen molar-refractivity contribution in [1.82, 2.24) is 5.32 Å². The number of nitrogens with one attached hydrogen (secondary N) is 2. The fourth-order valence-corrected chi connectivity index (χ4v) is 8.22. The van der Waals surface area contributed by atoms with Crippen LogP contribution in [0, 0.1) is 0 Å². The van der Waals surface area contributed by atoms with Crippen LogP contribution in [0.4, 0.5) is 5.69 Å². The molecule has 0 aromatic heterocycles. The van der Waals surface area contributed by atoms with Crippen molar-refractivity contribution in [2.75, 3.05) is 16.8 Å². The minimum atomic E-state index is -3.91. The van der Waals surface area contributed by atoms with Gasteiger partial charge in [-0.2, -0.15) is 0 Å². The topological polar surface area (TPSA) is 109 Å². The summed E-state index contributed by atoms with van der Waals surface area (Å²) in [6.07, 6.45) is 0. The molecule has 2 N–H and O–H groups in total. The van der Waals surface area contributed by atoms with Crippen molar-refractivity contribution in [1.29, 1.82) is 0 Å². The summed E-state index contributed by atoms with van der Waals surface area (Å²) in [4.78, 5) is 11.1. The van der Waals surface area contributed by atoms with E-state index in [1.165, 1.54) is 31.2 Å². The molecular formula is C19H21ClN2O5S2. The molecule has 0 bridgehead atoms. The van der Waals surface area contributed by atoms with Gasteiger partial charge in [0.2, 0.25) is 5.91 Å². The number of halogens is 1. The van der Waals surface area contributed by atoms with Crippen LogP contribution in [0.25, 0.3) is 0 Å². The number of amides is 1. The average Bonchev–Trinajstić information content (AvgIpc) is 2.96. The minimum absolute atomic E-state index is 0.0123. The fraction of sp³-hybridized carbons (Fsp3) is 0.316. The third-order valence-corrected chi connectivity index (χ3v) is 9.25. The van der Waals surface area contributed by atoms with Gasteiger partial charge < -0.3 is 10.6 Å². The summed E-state index contributed by atoms with van der Waals surface area (Å²) in [5.41, 5.74) is 1.22. The largest absolute Gasteiger partial charge is 0.326 e. The normalized spacial score (nSPS) is 21.0. The van der Waals surface area contributed by atoms with Gasteiger partial charge in [0, 0.05) is 30.2 Å². The fourth-order valence-electron chi connectivity index (χ4n) is 3.30. The quantitative estimate of drug-likeness (QED) is 0.688. The Morgan fingerprint density at radius 3 is 2.38 bits per heavy atom. The second kappa shape index (κ2) is 8.43. The average molecular weight is 457 g/mol. The molecule has 10 heteroatoms. The zero-order valence-corrected chi connectivity index (χ0v) is 18.0. The Balaban J connectivity index is 1.83. The molecule has 2 aromatic carbocycles. The summed E-state index contributed by atoms with van der Waals surface area (Å²) >= 11 is 6.13. The molecule has 156 valence electrons. The maximum Gasteiger partial charge on any atom is 0.221 e. The number of sulfone groups is 2. The Hall–Kier alpha value is -1.94. The SMILES string of the molecule is CC(=O)Nc1ccc(S(=O)(=O)[C@@H]2CS(=O)(=O)C[C@H]2NCc2ccccc2Cl)cc1. The van der Waals surface area contributed by atoms with E-state index in [-0.39, 0.29) is 23.1 Å². The highest BCUT2D eigenvalue weighted by Crippen LogP contribution is 2.27. The summed E-state index contributed by atoms with van der Waals surface area (Å²) < 4.78 is 50.7. The Bertz CT molecular complexity index is 1120. The van der Waals surface area contributed by atoms with Gasteiger partial charge in [-0.05, 0) is 35.9 Å². The van der Waals surface area contributed by atoms with Crippen molar-refractivity contribution in [3.05, 3.63) is 59.1 Å². The zero-order valence-electron chi connectivity index (χ0n) is 15.6. The zero-order chi connectivity index (χ0) is 21.2. The lowest BCUT2D eigenvalue weighted by atomic mass is 10.2. The number of carbonyl (C=O) groups excluding carboxylic acids is 1. The highest BCUT2D eigenvalue weighted by Gasteiger charge is 2.45. The number of anilines is 1. The molecule has 2 aromatic rings. The van der Waals surface area contributed by atoms with Crippen LogP contribution >= 0.6 is 11.6 Å². The molecule has 0 aliphatic carbocycles. The highest BCUT2D eigenvalue weighted by molar-refractivity contribution is 7.96. The van der Waals surface area contributed by atoms with Crippen molar-refractivity contribution in [3.8, 4) is 0 Å². The Morgan fingerprint density at radius 2 is 1.76 bits per heavy atom. The lowest BCUT2D eigenvalue weighted by molar-refractivity contribution is -0.114. The maximum absolute atomic E-state index is 13.1. The first-order valence-corrected chi connectivity index (χ1v) is 12.6. The predicted octanol–water partition coefficient (Wildman–Crippen LogP) is 2.03. The summed E-state index contributed by atoms with van der Waals surface area (Å²) in [5, 5.41) is 5.03. The van der Waals surface area contributed by atoms with Gasteiger partial charge in [0.1, 0.15) is 0 Å². The number of hydrogen-bond donors (Lipinski definition) is 2. The Labute approximate surface area is 175 Å². The highest BCUT2D eigenvalue weighted by atomic mass is 35.5. The van der Waals surface area contributed by atoms with Crippen molar-refractivity contribution in [2.45, 2.75) is 29.7 Å². The Morgan fingerprint density at radius 1 is 1.10 bits per heavy atom. The molecule has 1 fully saturated rings. The second-order valence-corrected chi connectivity index (χ2v) is 11.7. The molecule has 7 nitrogen and oxygen atoms in total. The molecule has 1 amide bonds. The summed E-state index contributed by atoms with van der Waals surface area (Å²) in [6.45, 7) is 1.61. The second-order valence-electron chi connectivity index (χ2n) is 6.94. The van der Waals surface area contributed by atoms with Crippen LogP contribution in [0.1, 0.15) is 12.5 Å². The van der Waals surface area contributed by atoms with Crippen molar-refractivity contribution in [3.63, 3.8) is 0 Å². The van der Waals surface area contributed by atoms with E-state index in [0.717, 1.165) is 5.56 Å². The van der Waals surface area contributed by atoms with E-state index in [9.17, 15) is 21.6 Å². The van der Waals surface area contributed by atoms with Gasteiger partial charge in [-0.3, -0.25) is 4.79 Å². The molecule has 0 spiro atoms. The first-order valence-electron chi connectivity index (χ1n) is 8.87. The third kappa shape index (κ3) is 5.16. The molecule has 1 aliphatic rings. The van der Waals surface area contributed by atoms with Gasteiger partial charge in [0.25, 0.3) is 0 Å². The maximum atomic E-state index is 13.1. The van der Waals surface area contributed by atoms with Crippen LogP contribution in [0.2, 0.25) is 5.02 Å². The van der Waals surface area contributed by atoms with Gasteiger partial charge in [-0.1, -0.05) is 29.8 Å².